The molecule has 2 fully saturated rings. The predicted molar refractivity (Wildman–Crippen MR) is 86.9 cm³/mol. The van der Waals surface area contributed by atoms with Crippen molar-refractivity contribution < 1.29 is 5.11 Å². The number of nitrogens with zero attached hydrogens (tertiary/aromatic N) is 1. The van der Waals surface area contributed by atoms with Crippen LogP contribution < -0.4 is 5.32 Å². The van der Waals surface area contributed by atoms with E-state index in [0.717, 1.165) is 22.5 Å². The molecule has 0 amide bonds. The van der Waals surface area contributed by atoms with E-state index in [1.54, 1.807) is 6.07 Å². The Morgan fingerprint density at radius 3 is 2.81 bits per heavy atom. The molecule has 0 bridgehead atoms. The summed E-state index contributed by atoms with van der Waals surface area (Å²) in [7, 11) is 0. The summed E-state index contributed by atoms with van der Waals surface area (Å²) in [6.07, 6.45) is 5.18. The molecule has 2 heterocycles. The van der Waals surface area contributed by atoms with Gasteiger partial charge in [0.2, 0.25) is 0 Å². The Balaban J connectivity index is 1.58. The van der Waals surface area contributed by atoms with Crippen molar-refractivity contribution in [3.8, 4) is 5.75 Å². The van der Waals surface area contributed by atoms with E-state index in [1.807, 2.05) is 18.2 Å². The summed E-state index contributed by atoms with van der Waals surface area (Å²) < 4.78 is 0. The first kappa shape index (κ1) is 13.0. The first-order chi connectivity index (χ1) is 10.3. The highest BCUT2D eigenvalue weighted by atomic mass is 16.3. The molecule has 0 spiro atoms. The van der Waals surface area contributed by atoms with Crippen LogP contribution in [0.15, 0.2) is 36.4 Å². The molecule has 0 saturated carbocycles. The molecule has 3 heteroatoms. The summed E-state index contributed by atoms with van der Waals surface area (Å²) in [6.45, 7) is 2.51. The second-order valence-electron chi connectivity index (χ2n) is 6.38. The molecule has 2 saturated heterocycles. The van der Waals surface area contributed by atoms with Gasteiger partial charge in [0.25, 0.3) is 0 Å². The zero-order valence-electron chi connectivity index (χ0n) is 12.3. The molecular formula is C18H22N2O. The summed E-state index contributed by atoms with van der Waals surface area (Å²) in [4.78, 5) is 2.65. The van der Waals surface area contributed by atoms with Gasteiger partial charge in [-0.2, -0.15) is 0 Å². The maximum absolute atomic E-state index is 9.99. The maximum Gasteiger partial charge on any atom is 0.123 e. The van der Waals surface area contributed by atoms with Crippen molar-refractivity contribution in [1.82, 2.24) is 4.90 Å². The topological polar surface area (TPSA) is 35.5 Å². The number of benzene rings is 2. The van der Waals surface area contributed by atoms with Crippen LogP contribution in [0.3, 0.4) is 0 Å². The second-order valence-corrected chi connectivity index (χ2v) is 6.38. The highest BCUT2D eigenvalue weighted by molar-refractivity contribution is 5.97. The molecule has 0 aromatic heterocycles. The van der Waals surface area contributed by atoms with Gasteiger partial charge in [0.15, 0.2) is 0 Å². The third-order valence-corrected chi connectivity index (χ3v) is 5.08. The number of fused-ring (bicyclic) bond motifs is 2. The standard InChI is InChI=1S/C18H22N2O/c21-18-8-2-5-15-16(18)6-1-7-17(15)19-13-9-11-20-10-3-4-14(20)12-13/h1-2,5-8,13-14,19,21H,3-4,9-12H2. The largest absolute Gasteiger partial charge is 0.507 e. The molecule has 2 atom stereocenters. The lowest BCUT2D eigenvalue weighted by Gasteiger charge is -2.35. The van der Waals surface area contributed by atoms with Crippen molar-refractivity contribution in [1.29, 1.82) is 0 Å². The summed E-state index contributed by atoms with van der Waals surface area (Å²) in [5, 5.41) is 15.8. The van der Waals surface area contributed by atoms with E-state index in [4.69, 9.17) is 0 Å². The second kappa shape index (κ2) is 5.23. The molecule has 2 aromatic rings. The smallest absolute Gasteiger partial charge is 0.123 e. The molecule has 110 valence electrons. The molecule has 3 nitrogen and oxygen atoms in total. The molecule has 2 unspecified atom stereocenters. The molecular weight excluding hydrogens is 260 g/mol. The van der Waals surface area contributed by atoms with Crippen LogP contribution in [0.2, 0.25) is 0 Å². The van der Waals surface area contributed by atoms with Crippen molar-refractivity contribution in [2.45, 2.75) is 37.8 Å². The Morgan fingerprint density at radius 1 is 1.00 bits per heavy atom. The van der Waals surface area contributed by atoms with E-state index >= 15 is 0 Å². The lowest BCUT2D eigenvalue weighted by atomic mass is 9.97. The SMILES string of the molecule is Oc1cccc2c(NC3CCN4CCCC4C3)cccc12. The highest BCUT2D eigenvalue weighted by Gasteiger charge is 2.31. The summed E-state index contributed by atoms with van der Waals surface area (Å²) in [5.74, 6) is 0.363. The fraction of sp³-hybridized carbons (Fsp3) is 0.444. The lowest BCUT2D eigenvalue weighted by molar-refractivity contribution is 0.188. The zero-order chi connectivity index (χ0) is 14.2. The van der Waals surface area contributed by atoms with Crippen LogP contribution in [0, 0.1) is 0 Å². The Kier molecular flexibility index (Phi) is 3.23. The molecule has 2 aliphatic rings. The monoisotopic (exact) mass is 282 g/mol. The number of hydrogen-bond acceptors (Lipinski definition) is 3. The first-order valence-corrected chi connectivity index (χ1v) is 8.02. The Hall–Kier alpha value is -1.74. The molecule has 2 N–H and O–H groups in total. The third-order valence-electron chi connectivity index (χ3n) is 5.08. The Bertz CT molecular complexity index is 655. The van der Waals surface area contributed by atoms with Gasteiger partial charge in [0.05, 0.1) is 0 Å². The van der Waals surface area contributed by atoms with Crippen molar-refractivity contribution in [3.63, 3.8) is 0 Å². The first-order valence-electron chi connectivity index (χ1n) is 8.02. The lowest BCUT2D eigenvalue weighted by Crippen LogP contribution is -2.42. The number of hydrogen-bond donors (Lipinski definition) is 2. The van der Waals surface area contributed by atoms with Crippen molar-refractivity contribution in [2.24, 2.45) is 0 Å². The van der Waals surface area contributed by atoms with Crippen LogP contribution in [0.5, 0.6) is 5.75 Å². The molecule has 4 rings (SSSR count). The van der Waals surface area contributed by atoms with Gasteiger partial charge >= 0.3 is 0 Å². The molecule has 2 aromatic carbocycles. The minimum Gasteiger partial charge on any atom is -0.507 e. The third kappa shape index (κ3) is 2.36. The van der Waals surface area contributed by atoms with Gasteiger partial charge in [-0.3, -0.25) is 0 Å². The van der Waals surface area contributed by atoms with Crippen molar-refractivity contribution in [3.05, 3.63) is 36.4 Å². The van der Waals surface area contributed by atoms with Gasteiger partial charge in [0, 0.05) is 35.1 Å². The van der Waals surface area contributed by atoms with E-state index in [9.17, 15) is 5.11 Å². The minimum absolute atomic E-state index is 0.363. The highest BCUT2D eigenvalue weighted by Crippen LogP contribution is 2.33. The molecule has 0 aliphatic carbocycles. The summed E-state index contributed by atoms with van der Waals surface area (Å²) in [6, 6.07) is 13.2. The number of aromatic hydroxyl groups is 1. The van der Waals surface area contributed by atoms with Crippen LogP contribution in [0.25, 0.3) is 10.8 Å². The van der Waals surface area contributed by atoms with Crippen LogP contribution in [0.1, 0.15) is 25.7 Å². The van der Waals surface area contributed by atoms with Gasteiger partial charge in [-0.15, -0.1) is 0 Å². The van der Waals surface area contributed by atoms with E-state index in [0.29, 0.717) is 11.8 Å². The van der Waals surface area contributed by atoms with Crippen LogP contribution in [0.4, 0.5) is 5.69 Å². The van der Waals surface area contributed by atoms with Gasteiger partial charge in [-0.25, -0.2) is 0 Å². The number of nitrogens with one attached hydrogen (secondary N) is 1. The number of piperidine rings is 1. The minimum atomic E-state index is 0.363. The normalized spacial score (nSPS) is 25.9. The van der Waals surface area contributed by atoms with E-state index < -0.39 is 0 Å². The maximum atomic E-state index is 9.99. The number of phenols is 1. The molecule has 0 radical (unpaired) electrons. The van der Waals surface area contributed by atoms with E-state index in [1.165, 1.54) is 38.8 Å². The van der Waals surface area contributed by atoms with Crippen molar-refractivity contribution in [2.75, 3.05) is 18.4 Å². The Morgan fingerprint density at radius 2 is 1.86 bits per heavy atom. The quantitative estimate of drug-likeness (QED) is 0.883. The zero-order valence-corrected chi connectivity index (χ0v) is 12.3. The average Bonchev–Trinajstić information content (AvgIpc) is 2.96. The Labute approximate surface area is 125 Å². The van der Waals surface area contributed by atoms with Crippen LogP contribution in [-0.2, 0) is 0 Å². The number of phenolic OH excluding ortho intramolecular Hbond substituents is 1. The summed E-state index contributed by atoms with van der Waals surface area (Å²) >= 11 is 0. The number of rotatable bonds is 2. The van der Waals surface area contributed by atoms with E-state index in [2.05, 4.69) is 22.3 Å². The van der Waals surface area contributed by atoms with Gasteiger partial charge in [-0.05, 0) is 44.4 Å². The number of anilines is 1. The fourth-order valence-corrected chi connectivity index (χ4v) is 3.99. The van der Waals surface area contributed by atoms with Crippen LogP contribution in [-0.4, -0.2) is 35.2 Å². The average molecular weight is 282 g/mol. The predicted octanol–water partition coefficient (Wildman–Crippen LogP) is 3.58. The van der Waals surface area contributed by atoms with Gasteiger partial charge in [-0.1, -0.05) is 24.3 Å². The van der Waals surface area contributed by atoms with Crippen LogP contribution >= 0.6 is 0 Å². The molecule has 2 aliphatic heterocycles. The van der Waals surface area contributed by atoms with Gasteiger partial charge < -0.3 is 15.3 Å². The van der Waals surface area contributed by atoms with E-state index in [-0.39, 0.29) is 0 Å². The van der Waals surface area contributed by atoms with Crippen molar-refractivity contribution >= 4 is 16.5 Å². The van der Waals surface area contributed by atoms with Gasteiger partial charge in [0.1, 0.15) is 5.75 Å². The fourth-order valence-electron chi connectivity index (χ4n) is 3.99. The summed E-state index contributed by atoms with van der Waals surface area (Å²) in [5.41, 5.74) is 1.15. The molecule has 21 heavy (non-hydrogen) atoms.